The Morgan fingerprint density at radius 3 is 2.79 bits per heavy atom. The molecule has 0 saturated heterocycles. The van der Waals surface area contributed by atoms with Crippen molar-refractivity contribution in [1.82, 2.24) is 9.78 Å². The molecule has 4 nitrogen and oxygen atoms in total. The minimum atomic E-state index is -0.622. The second kappa shape index (κ2) is 3.57. The van der Waals surface area contributed by atoms with E-state index in [4.69, 9.17) is 5.73 Å². The number of aromatic amines is 1. The summed E-state index contributed by atoms with van der Waals surface area (Å²) >= 11 is 0. The van der Waals surface area contributed by atoms with Crippen molar-refractivity contribution in [3.63, 3.8) is 0 Å². The van der Waals surface area contributed by atoms with Gasteiger partial charge in [-0.15, -0.1) is 0 Å². The van der Waals surface area contributed by atoms with Gasteiger partial charge in [-0.25, -0.2) is 4.68 Å². The Hall–Kier alpha value is -1.10. The van der Waals surface area contributed by atoms with Gasteiger partial charge in [0.25, 0.3) is 0 Å². The molecule has 78 valence electrons. The number of rotatable bonds is 3. The van der Waals surface area contributed by atoms with Gasteiger partial charge in [-0.2, -0.15) is 4.39 Å². The predicted molar refractivity (Wildman–Crippen MR) is 50.7 cm³/mol. The van der Waals surface area contributed by atoms with E-state index in [-0.39, 0.29) is 5.92 Å². The summed E-state index contributed by atoms with van der Waals surface area (Å²) in [6.45, 7) is 0.687. The van der Waals surface area contributed by atoms with Crippen molar-refractivity contribution < 1.29 is 4.39 Å². The Kier molecular flexibility index (Phi) is 2.41. The number of halogens is 1. The molecule has 1 aromatic rings. The van der Waals surface area contributed by atoms with Gasteiger partial charge in [0, 0.05) is 12.5 Å². The molecular weight excluding hydrogens is 185 g/mol. The maximum atomic E-state index is 13.4. The molecule has 2 rings (SSSR count). The quantitative estimate of drug-likeness (QED) is 0.746. The number of H-pyrrole nitrogens is 1. The van der Waals surface area contributed by atoms with Crippen LogP contribution in [0.2, 0.25) is 0 Å². The third-order valence-corrected chi connectivity index (χ3v) is 2.79. The molecule has 1 aliphatic carbocycles. The van der Waals surface area contributed by atoms with Crippen LogP contribution in [0.5, 0.6) is 0 Å². The summed E-state index contributed by atoms with van der Waals surface area (Å²) in [6, 6.07) is 0. The fourth-order valence-electron chi connectivity index (χ4n) is 1.73. The normalized spacial score (nSPS) is 17.0. The minimum Gasteiger partial charge on any atom is -0.329 e. The average Bonchev–Trinajstić information content (AvgIpc) is 2.32. The van der Waals surface area contributed by atoms with E-state index in [9.17, 15) is 9.18 Å². The van der Waals surface area contributed by atoms with Crippen LogP contribution in [-0.2, 0) is 6.54 Å². The first kappa shape index (κ1) is 9.45. The van der Waals surface area contributed by atoms with Crippen LogP contribution >= 0.6 is 0 Å². The molecule has 0 unspecified atom stereocenters. The Labute approximate surface area is 80.9 Å². The van der Waals surface area contributed by atoms with Crippen molar-refractivity contribution in [3.8, 4) is 0 Å². The molecule has 0 aromatic carbocycles. The lowest BCUT2D eigenvalue weighted by Crippen LogP contribution is -2.22. The maximum Gasteiger partial charge on any atom is 0.302 e. The van der Waals surface area contributed by atoms with Crippen LogP contribution in [0.3, 0.4) is 0 Å². The Balaban J connectivity index is 2.31. The van der Waals surface area contributed by atoms with E-state index in [2.05, 4.69) is 5.10 Å². The minimum absolute atomic E-state index is 0.210. The average molecular weight is 199 g/mol. The molecule has 0 atom stereocenters. The standard InChI is InChI=1S/C9H14FN3O/c10-7-8(6-2-1-3-6)12-13(5-4-11)9(7)14/h6,12H,1-5,11H2. The predicted octanol–water partition coefficient (Wildman–Crippen LogP) is 0.542. The van der Waals surface area contributed by atoms with E-state index in [0.717, 1.165) is 19.3 Å². The highest BCUT2D eigenvalue weighted by molar-refractivity contribution is 5.12. The summed E-state index contributed by atoms with van der Waals surface area (Å²) in [4.78, 5) is 11.3. The van der Waals surface area contributed by atoms with Gasteiger partial charge in [-0.05, 0) is 12.8 Å². The number of nitrogens with two attached hydrogens (primary N) is 1. The zero-order chi connectivity index (χ0) is 10.1. The van der Waals surface area contributed by atoms with Gasteiger partial charge in [0.1, 0.15) is 0 Å². The highest BCUT2D eigenvalue weighted by atomic mass is 19.1. The third-order valence-electron chi connectivity index (χ3n) is 2.79. The van der Waals surface area contributed by atoms with Gasteiger partial charge in [0.15, 0.2) is 0 Å². The van der Waals surface area contributed by atoms with E-state index in [1.54, 1.807) is 0 Å². The van der Waals surface area contributed by atoms with Crippen molar-refractivity contribution in [2.75, 3.05) is 6.54 Å². The molecule has 3 N–H and O–H groups in total. The van der Waals surface area contributed by atoms with Crippen LogP contribution in [0.25, 0.3) is 0 Å². The molecule has 1 aromatic heterocycles. The summed E-state index contributed by atoms with van der Waals surface area (Å²) in [5.74, 6) is -0.412. The summed E-state index contributed by atoms with van der Waals surface area (Å²) in [5.41, 5.74) is 5.20. The number of hydrogen-bond donors (Lipinski definition) is 2. The van der Waals surface area contributed by atoms with E-state index in [0.29, 0.717) is 18.8 Å². The number of aromatic nitrogens is 2. The number of nitrogens with one attached hydrogen (secondary N) is 1. The van der Waals surface area contributed by atoms with Gasteiger partial charge >= 0.3 is 5.56 Å². The molecule has 0 radical (unpaired) electrons. The lowest BCUT2D eigenvalue weighted by molar-refractivity contribution is 0.393. The molecule has 5 heteroatoms. The van der Waals surface area contributed by atoms with Gasteiger partial charge in [-0.3, -0.25) is 9.89 Å². The Bertz CT molecular complexity index is 378. The van der Waals surface area contributed by atoms with Gasteiger partial charge in [0.05, 0.1) is 12.2 Å². The van der Waals surface area contributed by atoms with Crippen LogP contribution in [-0.4, -0.2) is 16.3 Å². The molecule has 0 aliphatic heterocycles. The molecule has 1 saturated carbocycles. The smallest absolute Gasteiger partial charge is 0.302 e. The first-order chi connectivity index (χ1) is 6.74. The zero-order valence-corrected chi connectivity index (χ0v) is 7.92. The van der Waals surface area contributed by atoms with Crippen LogP contribution in [0.1, 0.15) is 30.9 Å². The Morgan fingerprint density at radius 2 is 2.29 bits per heavy atom. The number of nitrogens with zero attached hydrogens (tertiary/aromatic N) is 1. The van der Waals surface area contributed by atoms with Crippen molar-refractivity contribution >= 4 is 0 Å². The summed E-state index contributed by atoms with van der Waals surface area (Å²) in [6.07, 6.45) is 3.06. The Morgan fingerprint density at radius 1 is 1.57 bits per heavy atom. The molecule has 1 aliphatic rings. The van der Waals surface area contributed by atoms with Crippen LogP contribution in [0, 0.1) is 5.82 Å². The fourth-order valence-corrected chi connectivity index (χ4v) is 1.73. The SMILES string of the molecule is NCCn1[nH]c(C2CCC2)c(F)c1=O. The van der Waals surface area contributed by atoms with E-state index in [1.807, 2.05) is 0 Å². The molecule has 0 amide bonds. The highest BCUT2D eigenvalue weighted by Crippen LogP contribution is 2.35. The summed E-state index contributed by atoms with van der Waals surface area (Å²) < 4.78 is 14.7. The molecule has 1 fully saturated rings. The van der Waals surface area contributed by atoms with Gasteiger partial charge < -0.3 is 5.73 Å². The second-order valence-electron chi connectivity index (χ2n) is 3.71. The maximum absolute atomic E-state index is 13.4. The topological polar surface area (TPSA) is 63.8 Å². The lowest BCUT2D eigenvalue weighted by atomic mass is 9.83. The fraction of sp³-hybridized carbons (Fsp3) is 0.667. The van der Waals surface area contributed by atoms with Crippen LogP contribution in [0.4, 0.5) is 4.39 Å². The first-order valence-corrected chi connectivity index (χ1v) is 4.92. The molecule has 14 heavy (non-hydrogen) atoms. The molecule has 0 bridgehead atoms. The van der Waals surface area contributed by atoms with Gasteiger partial charge in [0.2, 0.25) is 5.82 Å². The summed E-state index contributed by atoms with van der Waals surface area (Å²) in [5, 5.41) is 2.80. The van der Waals surface area contributed by atoms with E-state index < -0.39 is 11.4 Å². The number of hydrogen-bond acceptors (Lipinski definition) is 2. The monoisotopic (exact) mass is 199 g/mol. The lowest BCUT2D eigenvalue weighted by Gasteiger charge is -2.23. The summed E-state index contributed by atoms with van der Waals surface area (Å²) in [7, 11) is 0. The molecular formula is C9H14FN3O. The third kappa shape index (κ3) is 1.37. The van der Waals surface area contributed by atoms with Crippen molar-refractivity contribution in [2.24, 2.45) is 5.73 Å². The van der Waals surface area contributed by atoms with E-state index in [1.165, 1.54) is 4.68 Å². The molecule has 0 spiro atoms. The van der Waals surface area contributed by atoms with Crippen molar-refractivity contribution in [2.45, 2.75) is 31.7 Å². The van der Waals surface area contributed by atoms with Crippen molar-refractivity contribution in [3.05, 3.63) is 21.9 Å². The van der Waals surface area contributed by atoms with Crippen molar-refractivity contribution in [1.29, 1.82) is 0 Å². The van der Waals surface area contributed by atoms with Gasteiger partial charge in [-0.1, -0.05) is 6.42 Å². The van der Waals surface area contributed by atoms with E-state index >= 15 is 0 Å². The molecule has 1 heterocycles. The second-order valence-corrected chi connectivity index (χ2v) is 3.71. The first-order valence-electron chi connectivity index (χ1n) is 4.92. The van der Waals surface area contributed by atoms with Crippen LogP contribution < -0.4 is 11.3 Å². The highest BCUT2D eigenvalue weighted by Gasteiger charge is 2.26. The van der Waals surface area contributed by atoms with Crippen LogP contribution in [0.15, 0.2) is 4.79 Å². The zero-order valence-electron chi connectivity index (χ0n) is 7.92. The largest absolute Gasteiger partial charge is 0.329 e.